The van der Waals surface area contributed by atoms with Crippen molar-refractivity contribution in [3.63, 3.8) is 0 Å². The van der Waals surface area contributed by atoms with E-state index in [0.29, 0.717) is 18.2 Å². The average Bonchev–Trinajstić information content (AvgIpc) is 3.39. The van der Waals surface area contributed by atoms with Crippen LogP contribution < -0.4 is 10.9 Å². The van der Waals surface area contributed by atoms with Crippen LogP contribution in [-0.4, -0.2) is 40.0 Å². The molecule has 2 aromatic rings. The molecule has 7 heteroatoms. The van der Waals surface area contributed by atoms with Crippen LogP contribution in [0, 0.1) is 0 Å². The third-order valence-electron chi connectivity index (χ3n) is 3.79. The Morgan fingerprint density at radius 1 is 1.21 bits per heavy atom. The Bertz CT molecular complexity index is 789. The number of aromatic nitrogens is 2. The first kappa shape index (κ1) is 15.9. The number of H-pyrrole nitrogens is 1. The third kappa shape index (κ3) is 3.87. The fourth-order valence-electron chi connectivity index (χ4n) is 2.26. The maximum absolute atomic E-state index is 12.2. The number of hydrogen-bond donors (Lipinski definition) is 2. The van der Waals surface area contributed by atoms with Gasteiger partial charge in [-0.25, -0.2) is 5.10 Å². The molecule has 2 amide bonds. The van der Waals surface area contributed by atoms with Gasteiger partial charge in [-0.05, 0) is 36.6 Å². The Morgan fingerprint density at radius 3 is 2.50 bits per heavy atom. The Hall–Kier alpha value is -2.96. The molecule has 0 unspecified atom stereocenters. The second-order valence-corrected chi connectivity index (χ2v) is 5.91. The van der Waals surface area contributed by atoms with Crippen LogP contribution in [0.2, 0.25) is 0 Å². The van der Waals surface area contributed by atoms with Gasteiger partial charge in [-0.2, -0.15) is 5.10 Å². The number of benzene rings is 1. The largest absolute Gasteiger partial charge is 0.349 e. The van der Waals surface area contributed by atoms with Crippen molar-refractivity contribution in [1.29, 1.82) is 0 Å². The third-order valence-corrected chi connectivity index (χ3v) is 3.79. The van der Waals surface area contributed by atoms with Gasteiger partial charge in [-0.15, -0.1) is 0 Å². The van der Waals surface area contributed by atoms with Gasteiger partial charge in [0.2, 0.25) is 0 Å². The lowest BCUT2D eigenvalue weighted by molar-refractivity contribution is 0.0777. The SMILES string of the molecule is CN(Cc1ccc(C(=O)NC2CC2)cc1)C(=O)c1ccc(=O)[nH]n1. The van der Waals surface area contributed by atoms with E-state index in [1.165, 1.54) is 17.0 Å². The maximum Gasteiger partial charge on any atom is 0.274 e. The minimum absolute atomic E-state index is 0.0640. The van der Waals surface area contributed by atoms with E-state index >= 15 is 0 Å². The highest BCUT2D eigenvalue weighted by molar-refractivity contribution is 5.94. The number of rotatable bonds is 5. The van der Waals surface area contributed by atoms with Gasteiger partial charge in [0.05, 0.1) is 0 Å². The first-order valence-electron chi connectivity index (χ1n) is 7.74. The summed E-state index contributed by atoms with van der Waals surface area (Å²) in [6.07, 6.45) is 2.10. The van der Waals surface area contributed by atoms with E-state index in [2.05, 4.69) is 15.5 Å². The molecule has 1 aromatic heterocycles. The van der Waals surface area contributed by atoms with Crippen molar-refractivity contribution < 1.29 is 9.59 Å². The highest BCUT2D eigenvalue weighted by atomic mass is 16.2. The summed E-state index contributed by atoms with van der Waals surface area (Å²) in [7, 11) is 1.66. The quantitative estimate of drug-likeness (QED) is 0.854. The van der Waals surface area contributed by atoms with E-state index in [9.17, 15) is 14.4 Å². The lowest BCUT2D eigenvalue weighted by Crippen LogP contribution is -2.28. The van der Waals surface area contributed by atoms with Crippen LogP contribution in [0.1, 0.15) is 39.3 Å². The zero-order chi connectivity index (χ0) is 17.1. The van der Waals surface area contributed by atoms with Crippen LogP contribution in [0.4, 0.5) is 0 Å². The summed E-state index contributed by atoms with van der Waals surface area (Å²) >= 11 is 0. The van der Waals surface area contributed by atoms with Crippen molar-refractivity contribution in [3.8, 4) is 0 Å². The molecule has 1 fully saturated rings. The molecule has 1 heterocycles. The van der Waals surface area contributed by atoms with Crippen molar-refractivity contribution >= 4 is 11.8 Å². The summed E-state index contributed by atoms with van der Waals surface area (Å²) in [5, 5.41) is 8.91. The highest BCUT2D eigenvalue weighted by Crippen LogP contribution is 2.19. The number of hydrogen-bond acceptors (Lipinski definition) is 4. The number of carbonyl (C=O) groups excluding carboxylic acids is 2. The first-order chi connectivity index (χ1) is 11.5. The van der Waals surface area contributed by atoms with E-state index < -0.39 is 0 Å². The van der Waals surface area contributed by atoms with Crippen LogP contribution >= 0.6 is 0 Å². The van der Waals surface area contributed by atoms with E-state index in [0.717, 1.165) is 18.4 Å². The molecule has 1 aliphatic rings. The topological polar surface area (TPSA) is 95.2 Å². The smallest absolute Gasteiger partial charge is 0.274 e. The molecule has 124 valence electrons. The molecule has 3 rings (SSSR count). The van der Waals surface area contributed by atoms with Gasteiger partial charge in [-0.3, -0.25) is 14.4 Å². The summed E-state index contributed by atoms with van der Waals surface area (Å²) in [6.45, 7) is 0.379. The second-order valence-electron chi connectivity index (χ2n) is 5.91. The highest BCUT2D eigenvalue weighted by Gasteiger charge is 2.23. The molecular formula is C17H18N4O3. The van der Waals surface area contributed by atoms with Gasteiger partial charge in [0, 0.05) is 31.3 Å². The van der Waals surface area contributed by atoms with E-state index in [1.807, 2.05) is 12.1 Å². The Morgan fingerprint density at radius 2 is 1.92 bits per heavy atom. The Balaban J connectivity index is 1.62. The van der Waals surface area contributed by atoms with Gasteiger partial charge in [0.1, 0.15) is 5.69 Å². The Kier molecular flexibility index (Phi) is 4.41. The molecule has 1 saturated carbocycles. The molecule has 0 radical (unpaired) electrons. The molecule has 0 aliphatic heterocycles. The minimum atomic E-state index is -0.353. The van der Waals surface area contributed by atoms with Crippen LogP contribution in [0.15, 0.2) is 41.2 Å². The van der Waals surface area contributed by atoms with Crippen molar-refractivity contribution in [3.05, 3.63) is 63.6 Å². The zero-order valence-electron chi connectivity index (χ0n) is 13.3. The summed E-state index contributed by atoms with van der Waals surface area (Å²) in [5.41, 5.74) is 1.34. The van der Waals surface area contributed by atoms with Crippen LogP contribution in [0.3, 0.4) is 0 Å². The van der Waals surface area contributed by atoms with E-state index in [1.54, 1.807) is 19.2 Å². The number of amides is 2. The minimum Gasteiger partial charge on any atom is -0.349 e. The van der Waals surface area contributed by atoms with Crippen molar-refractivity contribution in [2.45, 2.75) is 25.4 Å². The first-order valence-corrected chi connectivity index (χ1v) is 7.74. The lowest BCUT2D eigenvalue weighted by Gasteiger charge is -2.16. The molecule has 2 N–H and O–H groups in total. The predicted octanol–water partition coefficient (Wildman–Crippen LogP) is 0.934. The number of nitrogens with one attached hydrogen (secondary N) is 2. The van der Waals surface area contributed by atoms with Gasteiger partial charge in [0.25, 0.3) is 17.4 Å². The normalized spacial score (nSPS) is 13.4. The van der Waals surface area contributed by atoms with Gasteiger partial charge < -0.3 is 10.2 Å². The molecule has 0 atom stereocenters. The lowest BCUT2D eigenvalue weighted by atomic mass is 10.1. The predicted molar refractivity (Wildman–Crippen MR) is 87.6 cm³/mol. The zero-order valence-corrected chi connectivity index (χ0v) is 13.3. The summed E-state index contributed by atoms with van der Waals surface area (Å²) in [4.78, 5) is 36.7. The maximum atomic E-state index is 12.2. The van der Waals surface area contributed by atoms with Gasteiger partial charge >= 0.3 is 0 Å². The summed E-state index contributed by atoms with van der Waals surface area (Å²) < 4.78 is 0. The molecule has 0 saturated heterocycles. The molecule has 1 aliphatic carbocycles. The number of aromatic amines is 1. The fraction of sp³-hybridized carbons (Fsp3) is 0.294. The summed E-state index contributed by atoms with van der Waals surface area (Å²) in [6, 6.07) is 10.1. The summed E-state index contributed by atoms with van der Waals surface area (Å²) in [5.74, 6) is -0.354. The number of nitrogens with zero attached hydrogens (tertiary/aromatic N) is 2. The molecule has 24 heavy (non-hydrogen) atoms. The van der Waals surface area contributed by atoms with Crippen molar-refractivity contribution in [2.24, 2.45) is 0 Å². The molecule has 0 spiro atoms. The van der Waals surface area contributed by atoms with Crippen LogP contribution in [-0.2, 0) is 6.54 Å². The molecule has 1 aromatic carbocycles. The molecular weight excluding hydrogens is 308 g/mol. The van der Waals surface area contributed by atoms with Crippen molar-refractivity contribution in [2.75, 3.05) is 7.05 Å². The average molecular weight is 326 g/mol. The van der Waals surface area contributed by atoms with Crippen LogP contribution in [0.5, 0.6) is 0 Å². The van der Waals surface area contributed by atoms with Crippen molar-refractivity contribution in [1.82, 2.24) is 20.4 Å². The van der Waals surface area contributed by atoms with Crippen LogP contribution in [0.25, 0.3) is 0 Å². The Labute approximate surface area is 138 Å². The molecule has 0 bridgehead atoms. The fourth-order valence-corrected chi connectivity index (χ4v) is 2.26. The van der Waals surface area contributed by atoms with Gasteiger partial charge in [-0.1, -0.05) is 12.1 Å². The van der Waals surface area contributed by atoms with Gasteiger partial charge in [0.15, 0.2) is 0 Å². The number of carbonyl (C=O) groups is 2. The molecule has 7 nitrogen and oxygen atoms in total. The van der Waals surface area contributed by atoms with E-state index in [4.69, 9.17) is 0 Å². The monoisotopic (exact) mass is 326 g/mol. The standard InChI is InChI=1S/C17H18N4O3/c1-21(17(24)14-8-9-15(22)20-19-14)10-11-2-4-12(5-3-11)16(23)18-13-6-7-13/h2-5,8-9,13H,6-7,10H2,1H3,(H,18,23)(H,20,22). The van der Waals surface area contributed by atoms with E-state index in [-0.39, 0.29) is 23.1 Å². The second kappa shape index (κ2) is 6.66.